The molecule has 0 aliphatic heterocycles. The molecule has 22 heavy (non-hydrogen) atoms. The van der Waals surface area contributed by atoms with E-state index in [2.05, 4.69) is 0 Å². The fraction of sp³-hybridized carbons (Fsp3) is 0.167. The zero-order valence-corrected chi connectivity index (χ0v) is 14.1. The van der Waals surface area contributed by atoms with E-state index in [4.69, 9.17) is 16.3 Å². The molecule has 0 aliphatic carbocycles. The number of ether oxygens (including phenoxy) is 1. The lowest BCUT2D eigenvalue weighted by Gasteiger charge is -2.11. The molecule has 0 heterocycles. The number of benzene rings is 2. The Kier molecular flexibility index (Phi) is 6.10. The van der Waals surface area contributed by atoms with Gasteiger partial charge in [-0.15, -0.1) is 11.8 Å². The van der Waals surface area contributed by atoms with E-state index in [9.17, 15) is 4.79 Å². The summed E-state index contributed by atoms with van der Waals surface area (Å²) in [6, 6.07) is 15.6. The maximum atomic E-state index is 11.9. The van der Waals surface area contributed by atoms with Crippen molar-refractivity contribution in [2.24, 2.45) is 0 Å². The molecule has 0 aromatic heterocycles. The van der Waals surface area contributed by atoms with Crippen LogP contribution in [-0.2, 0) is 15.3 Å². The lowest BCUT2D eigenvalue weighted by Crippen LogP contribution is -2.05. The van der Waals surface area contributed by atoms with Gasteiger partial charge in [0.15, 0.2) is 0 Å². The monoisotopic (exact) mass is 332 g/mol. The van der Waals surface area contributed by atoms with E-state index < -0.39 is 0 Å². The van der Waals surface area contributed by atoms with E-state index in [-0.39, 0.29) is 5.97 Å². The number of hydrogen-bond acceptors (Lipinski definition) is 3. The van der Waals surface area contributed by atoms with Crippen LogP contribution >= 0.6 is 23.4 Å². The second kappa shape index (κ2) is 8.06. The van der Waals surface area contributed by atoms with E-state index in [0.717, 1.165) is 26.8 Å². The highest BCUT2D eigenvalue weighted by molar-refractivity contribution is 7.98. The minimum Gasteiger partial charge on any atom is -0.465 e. The molecule has 2 aromatic rings. The van der Waals surface area contributed by atoms with Crippen molar-refractivity contribution < 1.29 is 9.53 Å². The first-order chi connectivity index (χ1) is 10.7. The summed E-state index contributed by atoms with van der Waals surface area (Å²) in [6.07, 6.45) is 1.79. The number of esters is 1. The Hall–Kier alpha value is -1.71. The molecule has 0 atom stereocenters. The summed E-state index contributed by atoms with van der Waals surface area (Å²) < 4.78 is 4.86. The summed E-state index contributed by atoms with van der Waals surface area (Å²) >= 11 is 7.60. The minimum atomic E-state index is -0.313. The molecule has 0 N–H and O–H groups in total. The molecule has 4 heteroatoms. The smallest absolute Gasteiger partial charge is 0.338 e. The number of methoxy groups -OCH3 is 1. The molecule has 0 radical (unpaired) electrons. The Bertz CT molecular complexity index is 678. The Morgan fingerprint density at radius 2 is 1.86 bits per heavy atom. The molecule has 2 rings (SSSR count). The number of rotatable bonds is 5. The maximum Gasteiger partial charge on any atom is 0.338 e. The largest absolute Gasteiger partial charge is 0.465 e. The maximum absolute atomic E-state index is 11.9. The summed E-state index contributed by atoms with van der Waals surface area (Å²) in [5, 5.41) is 0.728. The molecule has 0 amide bonds. The van der Waals surface area contributed by atoms with Gasteiger partial charge in [-0.05, 0) is 42.3 Å². The molecule has 0 spiro atoms. The van der Waals surface area contributed by atoms with Crippen molar-refractivity contribution >= 4 is 34.9 Å². The summed E-state index contributed by atoms with van der Waals surface area (Å²) in [4.78, 5) is 13.0. The lowest BCUT2D eigenvalue weighted by molar-refractivity contribution is -0.133. The number of hydrogen-bond donors (Lipinski definition) is 0. The molecule has 2 aromatic carbocycles. The number of carbonyl (C=O) groups excluding carboxylic acids is 1. The van der Waals surface area contributed by atoms with E-state index in [0.29, 0.717) is 5.57 Å². The first-order valence-electron chi connectivity index (χ1n) is 6.87. The van der Waals surface area contributed by atoms with Gasteiger partial charge >= 0.3 is 5.97 Å². The van der Waals surface area contributed by atoms with E-state index >= 15 is 0 Å². The van der Waals surface area contributed by atoms with Crippen LogP contribution < -0.4 is 0 Å². The third-order valence-electron chi connectivity index (χ3n) is 3.21. The van der Waals surface area contributed by atoms with Crippen LogP contribution in [0.25, 0.3) is 5.57 Å². The molecule has 114 valence electrons. The second-order valence-corrected chi connectivity index (χ2v) is 6.08. The fourth-order valence-electron chi connectivity index (χ4n) is 2.09. The summed E-state index contributed by atoms with van der Waals surface area (Å²) in [7, 11) is 1.40. The van der Waals surface area contributed by atoms with Gasteiger partial charge < -0.3 is 4.74 Å². The average molecular weight is 333 g/mol. The standard InChI is InChI=1S/C18H17ClO2S/c1-3-16(18(20)21-2)17-7-5-4-6-13(17)12-22-15-10-8-14(19)9-11-15/h3-11H,12H2,1-2H3. The van der Waals surface area contributed by atoms with Crippen molar-refractivity contribution in [1.82, 2.24) is 0 Å². The summed E-state index contributed by atoms with van der Waals surface area (Å²) in [5.74, 6) is 0.457. The fourth-order valence-corrected chi connectivity index (χ4v) is 3.12. The van der Waals surface area contributed by atoms with Crippen molar-refractivity contribution in [2.75, 3.05) is 7.11 Å². The van der Waals surface area contributed by atoms with Crippen molar-refractivity contribution in [1.29, 1.82) is 0 Å². The van der Waals surface area contributed by atoms with Crippen LogP contribution in [-0.4, -0.2) is 13.1 Å². The normalized spacial score (nSPS) is 11.3. The van der Waals surface area contributed by atoms with Crippen molar-refractivity contribution in [3.8, 4) is 0 Å². The first-order valence-corrected chi connectivity index (χ1v) is 8.23. The molecule has 2 nitrogen and oxygen atoms in total. The van der Waals surface area contributed by atoms with Gasteiger partial charge in [0.2, 0.25) is 0 Å². The third kappa shape index (κ3) is 4.15. The second-order valence-electron chi connectivity index (χ2n) is 4.59. The van der Waals surface area contributed by atoms with Crippen molar-refractivity contribution in [3.63, 3.8) is 0 Å². The number of halogens is 1. The number of allylic oxidation sites excluding steroid dienone is 1. The van der Waals surface area contributed by atoms with Crippen LogP contribution in [0.3, 0.4) is 0 Å². The van der Waals surface area contributed by atoms with Gasteiger partial charge in [0.25, 0.3) is 0 Å². The van der Waals surface area contributed by atoms with Crippen molar-refractivity contribution in [3.05, 3.63) is 70.8 Å². The summed E-state index contributed by atoms with van der Waals surface area (Å²) in [6.45, 7) is 1.84. The molecule has 0 unspecified atom stereocenters. The first kappa shape index (κ1) is 16.7. The van der Waals surface area contributed by atoms with Gasteiger partial charge in [-0.25, -0.2) is 4.79 Å². The van der Waals surface area contributed by atoms with Crippen LogP contribution in [0.5, 0.6) is 0 Å². The van der Waals surface area contributed by atoms with Gasteiger partial charge in [0.1, 0.15) is 0 Å². The molecule has 0 saturated carbocycles. The van der Waals surface area contributed by atoms with Gasteiger partial charge in [-0.1, -0.05) is 41.9 Å². The van der Waals surface area contributed by atoms with E-state index in [1.165, 1.54) is 7.11 Å². The quantitative estimate of drug-likeness (QED) is 0.427. The zero-order valence-electron chi connectivity index (χ0n) is 12.5. The van der Waals surface area contributed by atoms with E-state index in [1.807, 2.05) is 55.5 Å². The van der Waals surface area contributed by atoms with Crippen LogP contribution in [0.1, 0.15) is 18.1 Å². The van der Waals surface area contributed by atoms with Crippen molar-refractivity contribution in [2.45, 2.75) is 17.6 Å². The van der Waals surface area contributed by atoms with Gasteiger partial charge in [-0.2, -0.15) is 0 Å². The highest BCUT2D eigenvalue weighted by Crippen LogP contribution is 2.28. The van der Waals surface area contributed by atoms with Crippen LogP contribution in [0.15, 0.2) is 59.5 Å². The SMILES string of the molecule is CC=C(C(=O)OC)c1ccccc1CSc1ccc(Cl)cc1. The van der Waals surface area contributed by atoms with Gasteiger partial charge in [0, 0.05) is 15.7 Å². The molecule has 0 bridgehead atoms. The Morgan fingerprint density at radius 1 is 1.18 bits per heavy atom. The summed E-state index contributed by atoms with van der Waals surface area (Å²) in [5.41, 5.74) is 2.61. The van der Waals surface area contributed by atoms with Gasteiger partial charge in [0.05, 0.1) is 12.7 Å². The molecule has 0 fully saturated rings. The number of carbonyl (C=O) groups is 1. The Balaban J connectivity index is 2.21. The third-order valence-corrected chi connectivity index (χ3v) is 4.52. The number of thioether (sulfide) groups is 1. The van der Waals surface area contributed by atoms with Crippen LogP contribution in [0.2, 0.25) is 5.02 Å². The van der Waals surface area contributed by atoms with Crippen LogP contribution in [0.4, 0.5) is 0 Å². The molecule has 0 aliphatic rings. The van der Waals surface area contributed by atoms with E-state index in [1.54, 1.807) is 17.8 Å². The molecular weight excluding hydrogens is 316 g/mol. The minimum absolute atomic E-state index is 0.313. The van der Waals surface area contributed by atoms with Crippen LogP contribution in [0, 0.1) is 0 Å². The highest BCUT2D eigenvalue weighted by atomic mass is 35.5. The predicted molar refractivity (Wildman–Crippen MR) is 93.1 cm³/mol. The molecular formula is C18H17ClO2S. The zero-order chi connectivity index (χ0) is 15.9. The Labute approximate surface area is 140 Å². The Morgan fingerprint density at radius 3 is 2.50 bits per heavy atom. The predicted octanol–water partition coefficient (Wildman–Crippen LogP) is 5.21. The van der Waals surface area contributed by atoms with Gasteiger partial charge in [-0.3, -0.25) is 0 Å². The highest BCUT2D eigenvalue weighted by Gasteiger charge is 2.14. The molecule has 0 saturated heterocycles. The topological polar surface area (TPSA) is 26.3 Å². The average Bonchev–Trinajstić information content (AvgIpc) is 2.56. The lowest BCUT2D eigenvalue weighted by atomic mass is 10.0.